The molecule has 0 spiro atoms. The van der Waals surface area contributed by atoms with Crippen LogP contribution in [-0.4, -0.2) is 36.0 Å². The molecule has 5 nitrogen and oxygen atoms in total. The number of halogens is 2. The lowest BCUT2D eigenvalue weighted by Crippen LogP contribution is -2.16. The third-order valence-corrected chi connectivity index (χ3v) is 7.50. The molecule has 2 rings (SSSR count). The van der Waals surface area contributed by atoms with Crippen LogP contribution in [0.3, 0.4) is 0 Å². The third kappa shape index (κ3) is 5.75. The average Bonchev–Trinajstić information content (AvgIpc) is 2.63. The summed E-state index contributed by atoms with van der Waals surface area (Å²) < 4.78 is 81.9. The molecule has 0 radical (unpaired) electrons. The SMILES string of the molecule is COc1ccc(S(=O)(=O)C(CCCCS(C)(=O)=O)c2cc(F)ccc2F)cc1. The first kappa shape index (κ1) is 22.3. The Kier molecular flexibility index (Phi) is 7.16. The lowest BCUT2D eigenvalue weighted by molar-refractivity contribution is 0.414. The molecule has 0 amide bonds. The summed E-state index contributed by atoms with van der Waals surface area (Å²) in [5.41, 5.74) is -0.268. The van der Waals surface area contributed by atoms with Gasteiger partial charge < -0.3 is 4.74 Å². The Balaban J connectivity index is 2.39. The van der Waals surface area contributed by atoms with Gasteiger partial charge in [0, 0.05) is 17.6 Å². The fraction of sp³-hybridized carbons (Fsp3) is 0.368. The zero-order chi connectivity index (χ0) is 20.9. The van der Waals surface area contributed by atoms with Gasteiger partial charge in [-0.25, -0.2) is 25.6 Å². The van der Waals surface area contributed by atoms with E-state index in [-0.39, 0.29) is 35.5 Å². The van der Waals surface area contributed by atoms with Gasteiger partial charge in [0.1, 0.15) is 27.2 Å². The summed E-state index contributed by atoms with van der Waals surface area (Å²) in [4.78, 5) is -0.0509. The van der Waals surface area contributed by atoms with Crippen LogP contribution in [0.25, 0.3) is 0 Å². The molecular formula is C19H22F2O5S2. The number of ether oxygens (including phenoxy) is 1. The van der Waals surface area contributed by atoms with Crippen molar-refractivity contribution in [1.29, 1.82) is 0 Å². The van der Waals surface area contributed by atoms with Crippen molar-refractivity contribution in [2.45, 2.75) is 29.4 Å². The lowest BCUT2D eigenvalue weighted by atomic mass is 10.1. The first-order valence-electron chi connectivity index (χ1n) is 8.55. The molecule has 0 fully saturated rings. The van der Waals surface area contributed by atoms with Crippen molar-refractivity contribution in [2.24, 2.45) is 0 Å². The van der Waals surface area contributed by atoms with Crippen molar-refractivity contribution >= 4 is 19.7 Å². The number of hydrogen-bond donors (Lipinski definition) is 0. The molecule has 154 valence electrons. The van der Waals surface area contributed by atoms with Gasteiger partial charge in [-0.2, -0.15) is 0 Å². The van der Waals surface area contributed by atoms with Gasteiger partial charge in [0.25, 0.3) is 0 Å². The number of methoxy groups -OCH3 is 1. The Morgan fingerprint density at radius 3 is 2.18 bits per heavy atom. The molecule has 0 aliphatic carbocycles. The second-order valence-corrected chi connectivity index (χ2v) is 10.9. The van der Waals surface area contributed by atoms with Gasteiger partial charge in [0.05, 0.1) is 17.3 Å². The molecule has 0 aromatic heterocycles. The highest BCUT2D eigenvalue weighted by Gasteiger charge is 2.31. The van der Waals surface area contributed by atoms with Crippen molar-refractivity contribution in [3.8, 4) is 5.75 Å². The highest BCUT2D eigenvalue weighted by Crippen LogP contribution is 2.35. The summed E-state index contributed by atoms with van der Waals surface area (Å²) in [6.07, 6.45) is 1.50. The minimum Gasteiger partial charge on any atom is -0.497 e. The highest BCUT2D eigenvalue weighted by atomic mass is 32.2. The van der Waals surface area contributed by atoms with Crippen LogP contribution in [0.2, 0.25) is 0 Å². The fourth-order valence-corrected chi connectivity index (χ4v) is 5.43. The Hall–Kier alpha value is -2.00. The summed E-state index contributed by atoms with van der Waals surface area (Å²) in [6, 6.07) is 8.30. The van der Waals surface area contributed by atoms with Crippen molar-refractivity contribution in [3.05, 3.63) is 59.7 Å². The van der Waals surface area contributed by atoms with E-state index in [1.165, 1.54) is 31.4 Å². The van der Waals surface area contributed by atoms with E-state index >= 15 is 0 Å². The minimum absolute atomic E-state index is 0.0374. The molecule has 28 heavy (non-hydrogen) atoms. The molecule has 1 atom stereocenters. The van der Waals surface area contributed by atoms with Crippen LogP contribution in [0.1, 0.15) is 30.1 Å². The topological polar surface area (TPSA) is 77.5 Å². The van der Waals surface area contributed by atoms with Crippen molar-refractivity contribution in [2.75, 3.05) is 19.1 Å². The quantitative estimate of drug-likeness (QED) is 0.565. The van der Waals surface area contributed by atoms with Crippen LogP contribution in [0.5, 0.6) is 5.75 Å². The van der Waals surface area contributed by atoms with E-state index in [0.717, 1.165) is 24.5 Å². The molecule has 1 unspecified atom stereocenters. The molecule has 0 saturated heterocycles. The first-order chi connectivity index (χ1) is 13.0. The second-order valence-electron chi connectivity index (χ2n) is 6.50. The van der Waals surface area contributed by atoms with E-state index in [0.29, 0.717) is 5.75 Å². The maximum atomic E-state index is 14.3. The summed E-state index contributed by atoms with van der Waals surface area (Å²) >= 11 is 0. The molecule has 0 aliphatic rings. The smallest absolute Gasteiger partial charge is 0.185 e. The zero-order valence-electron chi connectivity index (χ0n) is 15.6. The fourth-order valence-electron chi connectivity index (χ4n) is 2.86. The van der Waals surface area contributed by atoms with Gasteiger partial charge in [-0.1, -0.05) is 6.42 Å². The van der Waals surface area contributed by atoms with Gasteiger partial charge in [0.15, 0.2) is 9.84 Å². The molecule has 0 saturated carbocycles. The summed E-state index contributed by atoms with van der Waals surface area (Å²) in [5.74, 6) is -1.22. The van der Waals surface area contributed by atoms with E-state index in [1.807, 2.05) is 0 Å². The summed E-state index contributed by atoms with van der Waals surface area (Å²) in [5, 5.41) is -1.34. The standard InChI is InChI=1S/C19H22F2O5S2/c1-26-15-7-9-16(10-8-15)28(24,25)19(5-3-4-12-27(2,22)23)17-13-14(20)6-11-18(17)21/h6-11,13,19H,3-5,12H2,1-2H3. The van der Waals surface area contributed by atoms with E-state index in [2.05, 4.69) is 0 Å². The van der Waals surface area contributed by atoms with Crippen molar-refractivity contribution < 1.29 is 30.4 Å². The molecular weight excluding hydrogens is 410 g/mol. The molecule has 9 heteroatoms. The second kappa shape index (κ2) is 9.00. The molecule has 0 heterocycles. The molecule has 2 aromatic rings. The van der Waals surface area contributed by atoms with E-state index in [9.17, 15) is 25.6 Å². The molecule has 0 bridgehead atoms. The van der Waals surface area contributed by atoms with Crippen LogP contribution < -0.4 is 4.74 Å². The maximum absolute atomic E-state index is 14.3. The number of benzene rings is 2. The van der Waals surface area contributed by atoms with Crippen molar-refractivity contribution in [3.63, 3.8) is 0 Å². The number of hydrogen-bond acceptors (Lipinski definition) is 5. The normalized spacial score (nSPS) is 13.3. The van der Waals surface area contributed by atoms with Crippen molar-refractivity contribution in [1.82, 2.24) is 0 Å². The zero-order valence-corrected chi connectivity index (χ0v) is 17.2. The predicted octanol–water partition coefficient (Wildman–Crippen LogP) is 3.70. The largest absolute Gasteiger partial charge is 0.497 e. The highest BCUT2D eigenvalue weighted by molar-refractivity contribution is 7.91. The number of sulfone groups is 2. The van der Waals surface area contributed by atoms with Gasteiger partial charge in [-0.05, 0) is 55.3 Å². The lowest BCUT2D eigenvalue weighted by Gasteiger charge is -2.19. The van der Waals surface area contributed by atoms with E-state index in [1.54, 1.807) is 0 Å². The van der Waals surface area contributed by atoms with Gasteiger partial charge in [0.2, 0.25) is 0 Å². The predicted molar refractivity (Wildman–Crippen MR) is 103 cm³/mol. The number of rotatable bonds is 9. The Labute approximate surface area is 164 Å². The monoisotopic (exact) mass is 432 g/mol. The molecule has 0 aliphatic heterocycles. The van der Waals surface area contributed by atoms with Gasteiger partial charge in [-0.3, -0.25) is 0 Å². The molecule has 2 aromatic carbocycles. The van der Waals surface area contributed by atoms with Crippen LogP contribution in [0.4, 0.5) is 8.78 Å². The summed E-state index contributed by atoms with van der Waals surface area (Å²) in [7, 11) is -5.80. The summed E-state index contributed by atoms with van der Waals surface area (Å²) in [6.45, 7) is 0. The van der Waals surface area contributed by atoms with Crippen LogP contribution in [0, 0.1) is 11.6 Å². The first-order valence-corrected chi connectivity index (χ1v) is 12.2. The van der Waals surface area contributed by atoms with Crippen LogP contribution in [-0.2, 0) is 19.7 Å². The molecule has 0 N–H and O–H groups in total. The maximum Gasteiger partial charge on any atom is 0.185 e. The van der Waals surface area contributed by atoms with E-state index < -0.39 is 36.6 Å². The minimum atomic E-state index is -4.05. The van der Waals surface area contributed by atoms with Gasteiger partial charge >= 0.3 is 0 Å². The number of unbranched alkanes of at least 4 members (excludes halogenated alkanes) is 1. The van der Waals surface area contributed by atoms with Gasteiger partial charge in [-0.15, -0.1) is 0 Å². The average molecular weight is 433 g/mol. The Morgan fingerprint density at radius 1 is 0.964 bits per heavy atom. The van der Waals surface area contributed by atoms with Crippen LogP contribution >= 0.6 is 0 Å². The Morgan fingerprint density at radius 2 is 1.61 bits per heavy atom. The van der Waals surface area contributed by atoms with E-state index in [4.69, 9.17) is 4.74 Å². The third-order valence-electron chi connectivity index (χ3n) is 4.30. The van der Waals surface area contributed by atoms with Crippen LogP contribution in [0.15, 0.2) is 47.4 Å². The Bertz CT molecular complexity index is 1020.